The van der Waals surface area contributed by atoms with Crippen LogP contribution in [0.2, 0.25) is 0 Å². The molecule has 0 fully saturated rings. The number of halogens is 2. The van der Waals surface area contributed by atoms with Crippen molar-refractivity contribution >= 4 is 15.9 Å². The highest BCUT2D eigenvalue weighted by atomic mass is 79.9. The van der Waals surface area contributed by atoms with E-state index in [9.17, 15) is 4.39 Å². The molecule has 1 aromatic carbocycles. The van der Waals surface area contributed by atoms with Crippen molar-refractivity contribution in [2.24, 2.45) is 0 Å². The minimum Gasteiger partial charge on any atom is -0.482 e. The van der Waals surface area contributed by atoms with Gasteiger partial charge in [-0.05, 0) is 34.5 Å². The summed E-state index contributed by atoms with van der Waals surface area (Å²) in [6, 6.07) is 4.23. The van der Waals surface area contributed by atoms with E-state index < -0.39 is 0 Å². The fourth-order valence-electron chi connectivity index (χ4n) is 1.40. The summed E-state index contributed by atoms with van der Waals surface area (Å²) in [5.41, 5.74) is 0. The van der Waals surface area contributed by atoms with E-state index in [1.54, 1.807) is 6.07 Å². The van der Waals surface area contributed by atoms with Crippen LogP contribution in [0.25, 0.3) is 0 Å². The summed E-state index contributed by atoms with van der Waals surface area (Å²) in [5.74, 6) is 1.10. The lowest BCUT2D eigenvalue weighted by Gasteiger charge is -2.05. The van der Waals surface area contributed by atoms with E-state index in [4.69, 9.17) is 9.26 Å². The molecule has 0 spiro atoms. The van der Waals surface area contributed by atoms with E-state index in [2.05, 4.69) is 26.1 Å². The van der Waals surface area contributed by atoms with E-state index in [1.165, 1.54) is 12.1 Å². The molecular weight excluding hydrogens is 303 g/mol. The van der Waals surface area contributed by atoms with Gasteiger partial charge in [0.2, 0.25) is 0 Å². The molecular formula is C12H12BrFN2O2. The van der Waals surface area contributed by atoms with Gasteiger partial charge in [0.25, 0.3) is 5.89 Å². The van der Waals surface area contributed by atoms with Gasteiger partial charge in [-0.15, -0.1) is 0 Å². The molecule has 96 valence electrons. The molecule has 0 aliphatic carbocycles. The van der Waals surface area contributed by atoms with Gasteiger partial charge in [0.05, 0.1) is 4.47 Å². The van der Waals surface area contributed by atoms with E-state index >= 15 is 0 Å². The zero-order chi connectivity index (χ0) is 13.0. The molecule has 0 aliphatic heterocycles. The Labute approximate surface area is 112 Å². The first-order valence-corrected chi connectivity index (χ1v) is 6.37. The van der Waals surface area contributed by atoms with Crippen LogP contribution in [-0.2, 0) is 13.0 Å². The number of ether oxygens (including phenoxy) is 1. The van der Waals surface area contributed by atoms with Gasteiger partial charge in [0.15, 0.2) is 12.4 Å². The predicted molar refractivity (Wildman–Crippen MR) is 66.7 cm³/mol. The zero-order valence-electron chi connectivity index (χ0n) is 9.82. The van der Waals surface area contributed by atoms with Gasteiger partial charge >= 0.3 is 0 Å². The maximum atomic E-state index is 13.0. The lowest BCUT2D eigenvalue weighted by molar-refractivity contribution is 0.240. The van der Waals surface area contributed by atoms with Crippen LogP contribution in [0, 0.1) is 5.82 Å². The molecule has 18 heavy (non-hydrogen) atoms. The first-order chi connectivity index (χ1) is 8.69. The van der Waals surface area contributed by atoms with Gasteiger partial charge in [0, 0.05) is 12.5 Å². The van der Waals surface area contributed by atoms with Crippen molar-refractivity contribution in [2.45, 2.75) is 26.4 Å². The number of aryl methyl sites for hydroxylation is 1. The van der Waals surface area contributed by atoms with E-state index in [0.717, 1.165) is 12.8 Å². The van der Waals surface area contributed by atoms with Gasteiger partial charge in [0.1, 0.15) is 11.6 Å². The first-order valence-electron chi connectivity index (χ1n) is 5.58. The molecule has 0 saturated carbocycles. The maximum Gasteiger partial charge on any atom is 0.264 e. The van der Waals surface area contributed by atoms with Gasteiger partial charge in [-0.1, -0.05) is 12.1 Å². The minimum absolute atomic E-state index is 0.124. The number of nitrogens with zero attached hydrogens (tertiary/aromatic N) is 2. The Kier molecular flexibility index (Phi) is 4.30. The van der Waals surface area contributed by atoms with E-state index in [-0.39, 0.29) is 12.4 Å². The lowest BCUT2D eigenvalue weighted by Crippen LogP contribution is -1.97. The largest absolute Gasteiger partial charge is 0.482 e. The second-order valence-corrected chi connectivity index (χ2v) is 4.57. The highest BCUT2D eigenvalue weighted by molar-refractivity contribution is 9.10. The predicted octanol–water partition coefficient (Wildman–Crippen LogP) is 3.50. The zero-order valence-corrected chi connectivity index (χ0v) is 11.4. The highest BCUT2D eigenvalue weighted by Gasteiger charge is 2.08. The van der Waals surface area contributed by atoms with Crippen LogP contribution in [0.3, 0.4) is 0 Å². The average Bonchev–Trinajstić information content (AvgIpc) is 2.79. The molecule has 4 nitrogen and oxygen atoms in total. The molecule has 6 heteroatoms. The SMILES string of the molecule is CCCc1noc(COc2cc(F)ccc2Br)n1. The third-order valence-corrected chi connectivity index (χ3v) is 2.88. The van der Waals surface area contributed by atoms with Crippen LogP contribution in [0.4, 0.5) is 4.39 Å². The first kappa shape index (κ1) is 13.0. The Morgan fingerprint density at radius 3 is 3.06 bits per heavy atom. The Bertz CT molecular complexity index is 531. The molecule has 2 aromatic rings. The molecule has 1 heterocycles. The topological polar surface area (TPSA) is 48.2 Å². The second kappa shape index (κ2) is 5.95. The lowest BCUT2D eigenvalue weighted by atomic mass is 10.3. The number of hydrogen-bond acceptors (Lipinski definition) is 4. The molecule has 0 amide bonds. The van der Waals surface area contributed by atoms with Crippen molar-refractivity contribution in [3.63, 3.8) is 0 Å². The summed E-state index contributed by atoms with van der Waals surface area (Å²) in [7, 11) is 0. The molecule has 0 unspecified atom stereocenters. The van der Waals surface area contributed by atoms with Crippen molar-refractivity contribution in [3.05, 3.63) is 40.2 Å². The standard InChI is InChI=1S/C12H12BrFN2O2/c1-2-3-11-15-12(18-16-11)7-17-10-6-8(14)4-5-9(10)13/h4-6H,2-3,7H2,1H3. The van der Waals surface area contributed by atoms with Crippen LogP contribution >= 0.6 is 15.9 Å². The molecule has 1 aromatic heterocycles. The molecule has 0 atom stereocenters. The summed E-state index contributed by atoms with van der Waals surface area (Å²) in [4.78, 5) is 4.16. The normalized spacial score (nSPS) is 10.6. The Morgan fingerprint density at radius 1 is 1.44 bits per heavy atom. The number of hydrogen-bond donors (Lipinski definition) is 0. The summed E-state index contributed by atoms with van der Waals surface area (Å²) in [6.45, 7) is 2.16. The molecule has 0 radical (unpaired) electrons. The van der Waals surface area contributed by atoms with Gasteiger partial charge in [-0.3, -0.25) is 0 Å². The fraction of sp³-hybridized carbons (Fsp3) is 0.333. The highest BCUT2D eigenvalue weighted by Crippen LogP contribution is 2.26. The summed E-state index contributed by atoms with van der Waals surface area (Å²) in [6.07, 6.45) is 1.72. The second-order valence-electron chi connectivity index (χ2n) is 3.72. The number of rotatable bonds is 5. The van der Waals surface area contributed by atoms with Crippen LogP contribution in [0.5, 0.6) is 5.75 Å². The number of benzene rings is 1. The number of aromatic nitrogens is 2. The van der Waals surface area contributed by atoms with Gasteiger partial charge < -0.3 is 9.26 Å². The van der Waals surface area contributed by atoms with Gasteiger partial charge in [-0.2, -0.15) is 4.98 Å². The minimum atomic E-state index is -0.356. The van der Waals surface area contributed by atoms with Crippen molar-refractivity contribution < 1.29 is 13.7 Å². The summed E-state index contributed by atoms with van der Waals surface area (Å²) in [5, 5.41) is 3.81. The summed E-state index contributed by atoms with van der Waals surface area (Å²) >= 11 is 3.28. The van der Waals surface area contributed by atoms with E-state index in [0.29, 0.717) is 21.9 Å². The molecule has 0 saturated heterocycles. The molecule has 2 rings (SSSR count). The Morgan fingerprint density at radius 2 is 2.28 bits per heavy atom. The van der Waals surface area contributed by atoms with Gasteiger partial charge in [-0.25, -0.2) is 4.39 Å². The van der Waals surface area contributed by atoms with Crippen LogP contribution in [-0.4, -0.2) is 10.1 Å². The Balaban J connectivity index is 1.99. The molecule has 0 bridgehead atoms. The molecule has 0 aliphatic rings. The van der Waals surface area contributed by atoms with Crippen molar-refractivity contribution in [2.75, 3.05) is 0 Å². The monoisotopic (exact) mass is 314 g/mol. The van der Waals surface area contributed by atoms with Crippen LogP contribution < -0.4 is 4.74 Å². The fourth-order valence-corrected chi connectivity index (χ4v) is 1.76. The third kappa shape index (κ3) is 3.29. The summed E-state index contributed by atoms with van der Waals surface area (Å²) < 4.78 is 24.1. The molecule has 0 N–H and O–H groups in total. The van der Waals surface area contributed by atoms with E-state index in [1.807, 2.05) is 6.92 Å². The smallest absolute Gasteiger partial charge is 0.264 e. The Hall–Kier alpha value is -1.43. The van der Waals surface area contributed by atoms with Crippen LogP contribution in [0.15, 0.2) is 27.2 Å². The third-order valence-electron chi connectivity index (χ3n) is 2.23. The van der Waals surface area contributed by atoms with Crippen LogP contribution in [0.1, 0.15) is 25.1 Å². The average molecular weight is 315 g/mol. The quantitative estimate of drug-likeness (QED) is 0.847. The van der Waals surface area contributed by atoms with Crippen molar-refractivity contribution in [1.82, 2.24) is 10.1 Å². The van der Waals surface area contributed by atoms with Crippen molar-refractivity contribution in [1.29, 1.82) is 0 Å². The maximum absolute atomic E-state index is 13.0. The van der Waals surface area contributed by atoms with Crippen molar-refractivity contribution in [3.8, 4) is 5.75 Å².